The molecule has 0 amide bonds. The summed E-state index contributed by atoms with van der Waals surface area (Å²) >= 11 is 0. The van der Waals surface area contributed by atoms with Crippen LogP contribution in [0.2, 0.25) is 0 Å². The second-order valence-electron chi connectivity index (χ2n) is 3.77. The van der Waals surface area contributed by atoms with Crippen LogP contribution in [0.15, 0.2) is 28.8 Å². The van der Waals surface area contributed by atoms with E-state index in [0.717, 1.165) is 22.6 Å². The van der Waals surface area contributed by atoms with Gasteiger partial charge in [0.25, 0.3) is 0 Å². The molecule has 0 spiro atoms. The lowest BCUT2D eigenvalue weighted by Crippen LogP contribution is -2.00. The van der Waals surface area contributed by atoms with Crippen LogP contribution in [0.1, 0.15) is 21.8 Å². The van der Waals surface area contributed by atoms with Crippen LogP contribution in [0, 0.1) is 13.8 Å². The number of ether oxygens (including phenoxy) is 1. The van der Waals surface area contributed by atoms with E-state index in [9.17, 15) is 4.79 Å². The molecule has 0 bridgehead atoms. The molecule has 0 fully saturated rings. The summed E-state index contributed by atoms with van der Waals surface area (Å²) in [6, 6.07) is 7.18. The van der Waals surface area contributed by atoms with Gasteiger partial charge in [0.05, 0.1) is 18.4 Å². The number of carbonyl (C=O) groups excluding carboxylic acids is 1. The fourth-order valence-corrected chi connectivity index (χ4v) is 1.79. The second-order valence-corrected chi connectivity index (χ2v) is 3.77. The van der Waals surface area contributed by atoms with Gasteiger partial charge in [0.2, 0.25) is 0 Å². The molecule has 4 heteroatoms. The van der Waals surface area contributed by atoms with E-state index < -0.39 is 0 Å². The molecule has 0 aliphatic rings. The van der Waals surface area contributed by atoms with Crippen LogP contribution in [0.4, 0.5) is 0 Å². The third-order valence-corrected chi connectivity index (χ3v) is 2.63. The number of hydrogen-bond acceptors (Lipinski definition) is 4. The number of hydrogen-bond donors (Lipinski definition) is 0. The minimum absolute atomic E-state index is 0.338. The predicted molar refractivity (Wildman–Crippen MR) is 62.8 cm³/mol. The minimum atomic E-state index is -0.338. The molecule has 1 heterocycles. The van der Waals surface area contributed by atoms with Gasteiger partial charge >= 0.3 is 5.97 Å². The van der Waals surface area contributed by atoms with Crippen molar-refractivity contribution in [1.82, 2.24) is 5.16 Å². The molecule has 0 atom stereocenters. The van der Waals surface area contributed by atoms with Gasteiger partial charge in [-0.1, -0.05) is 17.3 Å². The van der Waals surface area contributed by atoms with E-state index in [1.165, 1.54) is 7.11 Å². The molecule has 0 aliphatic carbocycles. The first-order valence-electron chi connectivity index (χ1n) is 5.25. The van der Waals surface area contributed by atoms with E-state index in [2.05, 4.69) is 9.89 Å². The Morgan fingerprint density at radius 1 is 1.24 bits per heavy atom. The lowest BCUT2D eigenvalue weighted by atomic mass is 10.0. The molecular weight excluding hydrogens is 218 g/mol. The zero-order valence-electron chi connectivity index (χ0n) is 9.98. The van der Waals surface area contributed by atoms with Crippen LogP contribution < -0.4 is 0 Å². The number of esters is 1. The van der Waals surface area contributed by atoms with Crippen LogP contribution in [0.3, 0.4) is 0 Å². The summed E-state index contributed by atoms with van der Waals surface area (Å²) in [5, 5.41) is 3.90. The summed E-state index contributed by atoms with van der Waals surface area (Å²) in [4.78, 5) is 11.3. The molecular formula is C13H13NO3. The van der Waals surface area contributed by atoms with Gasteiger partial charge in [-0.15, -0.1) is 0 Å². The lowest BCUT2D eigenvalue weighted by Gasteiger charge is -2.02. The zero-order chi connectivity index (χ0) is 12.4. The molecule has 0 aliphatic heterocycles. The van der Waals surface area contributed by atoms with Gasteiger partial charge in [-0.25, -0.2) is 4.79 Å². The van der Waals surface area contributed by atoms with Crippen molar-refractivity contribution in [2.24, 2.45) is 0 Å². The van der Waals surface area contributed by atoms with Crippen molar-refractivity contribution < 1.29 is 14.1 Å². The monoisotopic (exact) mass is 231 g/mol. The summed E-state index contributed by atoms with van der Waals surface area (Å²) in [6.45, 7) is 3.75. The highest BCUT2D eigenvalue weighted by molar-refractivity contribution is 5.90. The van der Waals surface area contributed by atoms with E-state index in [4.69, 9.17) is 4.52 Å². The fraction of sp³-hybridized carbons (Fsp3) is 0.231. The highest BCUT2D eigenvalue weighted by Crippen LogP contribution is 2.26. The maximum Gasteiger partial charge on any atom is 0.337 e. The smallest absolute Gasteiger partial charge is 0.337 e. The summed E-state index contributed by atoms with van der Waals surface area (Å²) in [7, 11) is 1.37. The van der Waals surface area contributed by atoms with Crippen molar-refractivity contribution in [2.45, 2.75) is 13.8 Å². The van der Waals surface area contributed by atoms with Crippen LogP contribution in [-0.2, 0) is 4.74 Å². The molecule has 0 radical (unpaired) electrons. The van der Waals surface area contributed by atoms with Crippen LogP contribution in [0.5, 0.6) is 0 Å². The van der Waals surface area contributed by atoms with Crippen molar-refractivity contribution in [3.8, 4) is 11.1 Å². The number of aryl methyl sites for hydroxylation is 2. The summed E-state index contributed by atoms with van der Waals surface area (Å²) < 4.78 is 9.75. The molecule has 1 aromatic heterocycles. The van der Waals surface area contributed by atoms with E-state index in [1.54, 1.807) is 12.1 Å². The predicted octanol–water partition coefficient (Wildman–Crippen LogP) is 2.75. The largest absolute Gasteiger partial charge is 0.465 e. The number of benzene rings is 1. The molecule has 0 saturated heterocycles. The zero-order valence-corrected chi connectivity index (χ0v) is 9.98. The molecule has 0 saturated carbocycles. The van der Waals surface area contributed by atoms with Crippen LogP contribution in [-0.4, -0.2) is 18.2 Å². The van der Waals surface area contributed by atoms with Gasteiger partial charge in [-0.2, -0.15) is 0 Å². The Morgan fingerprint density at radius 2 is 1.88 bits per heavy atom. The molecule has 4 nitrogen and oxygen atoms in total. The topological polar surface area (TPSA) is 52.3 Å². The Bertz CT molecular complexity index is 521. The third-order valence-electron chi connectivity index (χ3n) is 2.63. The van der Waals surface area contributed by atoms with Gasteiger partial charge in [0, 0.05) is 5.56 Å². The number of methoxy groups -OCH3 is 1. The van der Waals surface area contributed by atoms with E-state index in [1.807, 2.05) is 26.0 Å². The average Bonchev–Trinajstić information content (AvgIpc) is 2.68. The Hall–Kier alpha value is -2.10. The Balaban J connectivity index is 2.39. The van der Waals surface area contributed by atoms with Gasteiger partial charge in [-0.3, -0.25) is 0 Å². The quantitative estimate of drug-likeness (QED) is 0.746. The SMILES string of the molecule is COC(=O)c1ccc(-c2c(C)noc2C)cc1. The first-order valence-corrected chi connectivity index (χ1v) is 5.25. The summed E-state index contributed by atoms with van der Waals surface area (Å²) in [5.74, 6) is 0.434. The van der Waals surface area contributed by atoms with E-state index >= 15 is 0 Å². The number of rotatable bonds is 2. The molecule has 0 unspecified atom stereocenters. The Labute approximate surface area is 99.2 Å². The minimum Gasteiger partial charge on any atom is -0.465 e. The molecule has 17 heavy (non-hydrogen) atoms. The molecule has 2 rings (SSSR count). The van der Waals surface area contributed by atoms with Crippen molar-refractivity contribution >= 4 is 5.97 Å². The molecule has 0 N–H and O–H groups in total. The summed E-state index contributed by atoms with van der Waals surface area (Å²) in [6.07, 6.45) is 0. The number of nitrogens with zero attached hydrogens (tertiary/aromatic N) is 1. The first-order chi connectivity index (χ1) is 8.13. The van der Waals surface area contributed by atoms with Crippen molar-refractivity contribution in [3.63, 3.8) is 0 Å². The van der Waals surface area contributed by atoms with Gasteiger partial charge in [0.1, 0.15) is 5.76 Å². The number of carbonyl (C=O) groups is 1. The number of aromatic nitrogens is 1. The van der Waals surface area contributed by atoms with Gasteiger partial charge in [-0.05, 0) is 31.5 Å². The van der Waals surface area contributed by atoms with Gasteiger partial charge in [0.15, 0.2) is 0 Å². The molecule has 2 aromatic rings. The fourth-order valence-electron chi connectivity index (χ4n) is 1.79. The average molecular weight is 231 g/mol. The van der Waals surface area contributed by atoms with Crippen molar-refractivity contribution in [2.75, 3.05) is 7.11 Å². The van der Waals surface area contributed by atoms with Crippen LogP contribution in [0.25, 0.3) is 11.1 Å². The van der Waals surface area contributed by atoms with E-state index in [-0.39, 0.29) is 5.97 Å². The highest BCUT2D eigenvalue weighted by atomic mass is 16.5. The maximum atomic E-state index is 11.3. The normalized spacial score (nSPS) is 10.3. The van der Waals surface area contributed by atoms with Crippen LogP contribution >= 0.6 is 0 Å². The van der Waals surface area contributed by atoms with Crippen molar-refractivity contribution in [3.05, 3.63) is 41.3 Å². The maximum absolute atomic E-state index is 11.3. The van der Waals surface area contributed by atoms with E-state index in [0.29, 0.717) is 5.56 Å². The second kappa shape index (κ2) is 4.41. The van der Waals surface area contributed by atoms with Crippen molar-refractivity contribution in [1.29, 1.82) is 0 Å². The Morgan fingerprint density at radius 3 is 2.35 bits per heavy atom. The standard InChI is InChI=1S/C13H13NO3/c1-8-12(9(2)17-14-8)10-4-6-11(7-5-10)13(15)16-3/h4-7H,1-3H3. The lowest BCUT2D eigenvalue weighted by molar-refractivity contribution is 0.0601. The molecule has 1 aromatic carbocycles. The first kappa shape index (κ1) is 11.4. The third kappa shape index (κ3) is 2.06. The molecule has 88 valence electrons. The highest BCUT2D eigenvalue weighted by Gasteiger charge is 2.12. The summed E-state index contributed by atoms with van der Waals surface area (Å²) in [5.41, 5.74) is 3.33. The van der Waals surface area contributed by atoms with Gasteiger partial charge < -0.3 is 9.26 Å². The Kier molecular flexibility index (Phi) is 2.95.